The van der Waals surface area contributed by atoms with Crippen LogP contribution in [0.15, 0.2) is 61.2 Å². The number of imidazole rings is 1. The Balaban J connectivity index is 1.22. The molecule has 30 heavy (non-hydrogen) atoms. The van der Waals surface area contributed by atoms with Gasteiger partial charge in [-0.3, -0.25) is 0 Å². The van der Waals surface area contributed by atoms with E-state index in [1.807, 2.05) is 48.8 Å². The summed E-state index contributed by atoms with van der Waals surface area (Å²) in [4.78, 5) is 13.0. The lowest BCUT2D eigenvalue weighted by Gasteiger charge is -2.23. The highest BCUT2D eigenvalue weighted by molar-refractivity contribution is 5.99. The second-order valence-electron chi connectivity index (χ2n) is 7.66. The minimum atomic E-state index is 0.471. The van der Waals surface area contributed by atoms with Crippen LogP contribution in [0.4, 0.5) is 11.5 Å². The quantitative estimate of drug-likeness (QED) is 0.513. The van der Waals surface area contributed by atoms with Crippen LogP contribution in [-0.2, 0) is 19.5 Å². The maximum atomic E-state index is 6.02. The van der Waals surface area contributed by atoms with E-state index in [-0.39, 0.29) is 0 Å². The van der Waals surface area contributed by atoms with Gasteiger partial charge in [-0.05, 0) is 30.2 Å². The number of aryl methyl sites for hydroxylation is 1. The smallest absolute Gasteiger partial charge is 0.213 e. The number of benzene rings is 1. The van der Waals surface area contributed by atoms with Crippen molar-refractivity contribution in [1.82, 2.24) is 19.5 Å². The first-order chi connectivity index (χ1) is 14.8. The molecule has 4 aromatic rings. The number of rotatable bonds is 6. The van der Waals surface area contributed by atoms with Crippen LogP contribution in [0.3, 0.4) is 0 Å². The van der Waals surface area contributed by atoms with Crippen molar-refractivity contribution in [2.45, 2.75) is 25.9 Å². The second-order valence-corrected chi connectivity index (χ2v) is 7.66. The van der Waals surface area contributed by atoms with Crippen molar-refractivity contribution in [3.63, 3.8) is 0 Å². The van der Waals surface area contributed by atoms with Crippen LogP contribution in [0.25, 0.3) is 10.8 Å². The number of nitrogens with one attached hydrogen (secondary N) is 1. The molecular formula is C23H24N6O. The Morgan fingerprint density at radius 1 is 1.07 bits per heavy atom. The summed E-state index contributed by atoms with van der Waals surface area (Å²) in [5, 5.41) is 5.51. The molecule has 152 valence electrons. The average molecular weight is 400 g/mol. The molecule has 0 bridgehead atoms. The molecule has 1 aliphatic heterocycles. The van der Waals surface area contributed by atoms with Crippen LogP contribution < -0.4 is 15.8 Å². The van der Waals surface area contributed by atoms with E-state index in [1.165, 1.54) is 0 Å². The summed E-state index contributed by atoms with van der Waals surface area (Å²) in [5.74, 6) is 2.82. The van der Waals surface area contributed by atoms with E-state index < -0.39 is 0 Å². The van der Waals surface area contributed by atoms with Crippen LogP contribution in [0.5, 0.6) is 5.88 Å². The number of nitrogens with two attached hydrogens (primary N) is 1. The number of fused-ring (bicyclic) bond motifs is 2. The Kier molecular flexibility index (Phi) is 4.93. The van der Waals surface area contributed by atoms with Gasteiger partial charge in [0, 0.05) is 72.7 Å². The van der Waals surface area contributed by atoms with Crippen LogP contribution in [-0.4, -0.2) is 26.1 Å². The number of pyridine rings is 2. The molecule has 0 saturated heterocycles. The number of aromatic nitrogens is 4. The number of anilines is 2. The monoisotopic (exact) mass is 400 g/mol. The summed E-state index contributed by atoms with van der Waals surface area (Å²) < 4.78 is 8.24. The van der Waals surface area contributed by atoms with Crippen LogP contribution in [0.1, 0.15) is 17.8 Å². The number of ether oxygens (including phenoxy) is 1. The zero-order chi connectivity index (χ0) is 20.3. The molecule has 0 spiro atoms. The summed E-state index contributed by atoms with van der Waals surface area (Å²) in [6.45, 7) is 2.33. The van der Waals surface area contributed by atoms with Gasteiger partial charge < -0.3 is 20.4 Å². The molecule has 5 rings (SSSR count). The lowest BCUT2D eigenvalue weighted by atomic mass is 9.99. The summed E-state index contributed by atoms with van der Waals surface area (Å²) in [6.07, 6.45) is 9.50. The molecule has 0 amide bonds. The highest BCUT2D eigenvalue weighted by atomic mass is 16.5. The number of hydrogen-bond acceptors (Lipinski definition) is 6. The molecule has 0 saturated carbocycles. The summed E-state index contributed by atoms with van der Waals surface area (Å²) in [7, 11) is 0. The van der Waals surface area contributed by atoms with E-state index in [9.17, 15) is 0 Å². The number of nitrogens with zero attached hydrogens (tertiary/aromatic N) is 4. The van der Waals surface area contributed by atoms with Crippen molar-refractivity contribution < 1.29 is 4.74 Å². The fourth-order valence-electron chi connectivity index (χ4n) is 3.98. The van der Waals surface area contributed by atoms with Crippen molar-refractivity contribution in [2.75, 3.05) is 17.7 Å². The Hall–Kier alpha value is -3.61. The van der Waals surface area contributed by atoms with Gasteiger partial charge >= 0.3 is 0 Å². The molecule has 0 radical (unpaired) electrons. The van der Waals surface area contributed by atoms with Gasteiger partial charge in [0.2, 0.25) is 5.88 Å². The Labute approximate surface area is 174 Å². The van der Waals surface area contributed by atoms with E-state index in [2.05, 4.69) is 24.8 Å². The minimum absolute atomic E-state index is 0.471. The third kappa shape index (κ3) is 3.78. The first kappa shape index (κ1) is 18.4. The fraction of sp³-hybridized carbons (Fsp3) is 0.261. The van der Waals surface area contributed by atoms with E-state index >= 15 is 0 Å². The average Bonchev–Trinajstić information content (AvgIpc) is 3.25. The SMILES string of the molecule is Nc1nccc2c(NCc3ccnc(OCC4CCn5ccnc5C4)c3)cccc12. The standard InChI is InChI=1S/C23H24N6O/c24-23-19-2-1-3-20(18(19)5-8-27-23)28-14-16-4-7-26-22(13-16)30-15-17-6-10-29-11-9-25-21(29)12-17/h1-5,7-9,11,13,17,28H,6,10,12,14-15H2,(H2,24,27). The third-order valence-electron chi connectivity index (χ3n) is 5.64. The van der Waals surface area contributed by atoms with Gasteiger partial charge in [-0.15, -0.1) is 0 Å². The normalized spacial score (nSPS) is 15.7. The second kappa shape index (κ2) is 8.02. The first-order valence-electron chi connectivity index (χ1n) is 10.2. The van der Waals surface area contributed by atoms with Gasteiger partial charge in [0.1, 0.15) is 11.6 Å². The molecule has 0 aliphatic carbocycles. The van der Waals surface area contributed by atoms with Crippen LogP contribution in [0, 0.1) is 5.92 Å². The van der Waals surface area contributed by atoms with Crippen molar-refractivity contribution in [2.24, 2.45) is 5.92 Å². The van der Waals surface area contributed by atoms with Crippen molar-refractivity contribution >= 4 is 22.3 Å². The largest absolute Gasteiger partial charge is 0.477 e. The van der Waals surface area contributed by atoms with Gasteiger partial charge in [0.15, 0.2) is 0 Å². The molecular weight excluding hydrogens is 376 g/mol. The third-order valence-corrected chi connectivity index (χ3v) is 5.64. The molecule has 4 heterocycles. The van der Waals surface area contributed by atoms with Crippen LogP contribution >= 0.6 is 0 Å². The summed E-state index contributed by atoms with van der Waals surface area (Å²) in [6, 6.07) is 12.0. The number of hydrogen-bond donors (Lipinski definition) is 2. The highest BCUT2D eigenvalue weighted by Gasteiger charge is 2.19. The van der Waals surface area contributed by atoms with Gasteiger partial charge in [0.05, 0.1) is 6.61 Å². The van der Waals surface area contributed by atoms with Gasteiger partial charge in [-0.1, -0.05) is 12.1 Å². The Bertz CT molecular complexity index is 1170. The Morgan fingerprint density at radius 2 is 2.00 bits per heavy atom. The van der Waals surface area contributed by atoms with E-state index in [0.29, 0.717) is 30.8 Å². The molecule has 3 N–H and O–H groups in total. The Morgan fingerprint density at radius 3 is 2.97 bits per heavy atom. The van der Waals surface area contributed by atoms with Gasteiger partial charge in [0.25, 0.3) is 0 Å². The first-order valence-corrected chi connectivity index (χ1v) is 10.2. The minimum Gasteiger partial charge on any atom is -0.477 e. The highest BCUT2D eigenvalue weighted by Crippen LogP contribution is 2.27. The predicted molar refractivity (Wildman–Crippen MR) is 117 cm³/mol. The zero-order valence-electron chi connectivity index (χ0n) is 16.7. The number of nitrogen functional groups attached to an aromatic ring is 1. The molecule has 1 aliphatic rings. The molecule has 3 aromatic heterocycles. The molecule has 1 atom stereocenters. The molecule has 7 nitrogen and oxygen atoms in total. The molecule has 0 fully saturated rings. The van der Waals surface area contributed by atoms with E-state index in [0.717, 1.165) is 47.2 Å². The van der Waals surface area contributed by atoms with Gasteiger partial charge in [-0.25, -0.2) is 15.0 Å². The van der Waals surface area contributed by atoms with Gasteiger partial charge in [-0.2, -0.15) is 0 Å². The lowest BCUT2D eigenvalue weighted by molar-refractivity contribution is 0.212. The summed E-state index contributed by atoms with van der Waals surface area (Å²) >= 11 is 0. The lowest BCUT2D eigenvalue weighted by Crippen LogP contribution is -2.24. The predicted octanol–water partition coefficient (Wildman–Crippen LogP) is 3.66. The molecule has 7 heteroatoms. The fourth-order valence-corrected chi connectivity index (χ4v) is 3.98. The summed E-state index contributed by atoms with van der Waals surface area (Å²) in [5.41, 5.74) is 8.13. The van der Waals surface area contributed by atoms with Crippen molar-refractivity contribution in [3.05, 3.63) is 72.6 Å². The maximum absolute atomic E-state index is 6.02. The zero-order valence-corrected chi connectivity index (χ0v) is 16.7. The van der Waals surface area contributed by atoms with E-state index in [1.54, 1.807) is 12.4 Å². The maximum Gasteiger partial charge on any atom is 0.213 e. The van der Waals surface area contributed by atoms with E-state index in [4.69, 9.17) is 10.5 Å². The van der Waals surface area contributed by atoms with Crippen LogP contribution in [0.2, 0.25) is 0 Å². The topological polar surface area (TPSA) is 90.9 Å². The van der Waals surface area contributed by atoms with Crippen molar-refractivity contribution in [1.29, 1.82) is 0 Å². The molecule has 1 unspecified atom stereocenters. The molecule has 1 aromatic carbocycles. The van der Waals surface area contributed by atoms with Crippen molar-refractivity contribution in [3.8, 4) is 5.88 Å².